The highest BCUT2D eigenvalue weighted by atomic mass is 16.6. The van der Waals surface area contributed by atoms with Crippen molar-refractivity contribution in [3.8, 4) is 0 Å². The van der Waals surface area contributed by atoms with E-state index in [1.165, 1.54) is 77.0 Å². The first-order valence-electron chi connectivity index (χ1n) is 14.9. The lowest BCUT2D eigenvalue weighted by Crippen LogP contribution is -2.24. The van der Waals surface area contributed by atoms with Crippen molar-refractivity contribution in [1.29, 1.82) is 0 Å². The van der Waals surface area contributed by atoms with Crippen LogP contribution in [0, 0.1) is 0 Å². The number of hydrogen-bond acceptors (Lipinski definition) is 7. The molecule has 0 amide bonds. The molecule has 7 nitrogen and oxygen atoms in total. The van der Waals surface area contributed by atoms with E-state index >= 15 is 0 Å². The van der Waals surface area contributed by atoms with Crippen LogP contribution in [0.1, 0.15) is 104 Å². The average Bonchev–Trinajstić information content (AvgIpc) is 2.88. The molecule has 0 saturated carbocycles. The number of ether oxygens (including phenoxy) is 6. The van der Waals surface area contributed by atoms with Gasteiger partial charge in [0.05, 0.1) is 78.3 Å². The van der Waals surface area contributed by atoms with E-state index in [0.29, 0.717) is 59.5 Å². The van der Waals surface area contributed by atoms with E-state index in [9.17, 15) is 0 Å². The molecule has 0 rings (SSSR count). The minimum Gasteiger partial charge on any atom is -0.394 e. The molecule has 0 fully saturated rings. The van der Waals surface area contributed by atoms with E-state index in [1.807, 2.05) is 6.92 Å². The van der Waals surface area contributed by atoms with Gasteiger partial charge in [0.1, 0.15) is 0 Å². The molecule has 0 aromatic heterocycles. The molecule has 0 radical (unpaired) electrons. The van der Waals surface area contributed by atoms with Crippen molar-refractivity contribution in [1.82, 2.24) is 0 Å². The quantitative estimate of drug-likeness (QED) is 0.113. The van der Waals surface area contributed by atoms with E-state index in [-0.39, 0.29) is 18.8 Å². The Morgan fingerprint density at radius 3 is 1.42 bits per heavy atom. The maximum Gasteiger partial charge on any atom is 0.0781 e. The predicted molar refractivity (Wildman–Crippen MR) is 147 cm³/mol. The Morgan fingerprint density at radius 2 is 0.889 bits per heavy atom. The Kier molecular flexibility index (Phi) is 30.7. The third kappa shape index (κ3) is 29.9. The molecule has 0 aromatic carbocycles. The van der Waals surface area contributed by atoms with Crippen molar-refractivity contribution in [3.05, 3.63) is 0 Å². The van der Waals surface area contributed by atoms with Crippen molar-refractivity contribution < 1.29 is 33.5 Å². The lowest BCUT2D eigenvalue weighted by Gasteiger charge is -2.18. The summed E-state index contributed by atoms with van der Waals surface area (Å²) < 4.78 is 33.3. The molecule has 0 aliphatic rings. The van der Waals surface area contributed by atoms with Crippen molar-refractivity contribution in [2.45, 2.75) is 116 Å². The Hall–Kier alpha value is -0.280. The van der Waals surface area contributed by atoms with Crippen LogP contribution in [0.4, 0.5) is 0 Å². The summed E-state index contributed by atoms with van der Waals surface area (Å²) in [7, 11) is 0. The summed E-state index contributed by atoms with van der Waals surface area (Å²) in [5.74, 6) is 0. The minimum absolute atomic E-state index is 0.0250. The molecule has 0 saturated heterocycles. The molecule has 0 aliphatic carbocycles. The zero-order valence-electron chi connectivity index (χ0n) is 24.0. The molecular formula is C29H60O7. The van der Waals surface area contributed by atoms with E-state index in [0.717, 1.165) is 13.0 Å². The normalized spacial score (nSPS) is 13.3. The first-order chi connectivity index (χ1) is 17.7. The first kappa shape index (κ1) is 35.7. The van der Waals surface area contributed by atoms with Gasteiger partial charge in [-0.3, -0.25) is 0 Å². The molecule has 0 aromatic rings. The van der Waals surface area contributed by atoms with Crippen LogP contribution in [0.5, 0.6) is 0 Å². The smallest absolute Gasteiger partial charge is 0.0781 e. The molecule has 1 N–H and O–H groups in total. The first-order valence-corrected chi connectivity index (χ1v) is 14.9. The van der Waals surface area contributed by atoms with Gasteiger partial charge in [-0.25, -0.2) is 0 Å². The second kappa shape index (κ2) is 30.9. The molecule has 218 valence electrons. The van der Waals surface area contributed by atoms with Crippen molar-refractivity contribution in [2.24, 2.45) is 0 Å². The summed E-state index contributed by atoms with van der Waals surface area (Å²) in [5.41, 5.74) is 0. The van der Waals surface area contributed by atoms with Crippen molar-refractivity contribution in [3.63, 3.8) is 0 Å². The third-order valence-corrected chi connectivity index (χ3v) is 5.97. The van der Waals surface area contributed by atoms with Gasteiger partial charge >= 0.3 is 0 Å². The van der Waals surface area contributed by atoms with Gasteiger partial charge in [0, 0.05) is 6.61 Å². The maximum absolute atomic E-state index is 8.59. The summed E-state index contributed by atoms with van der Waals surface area (Å²) in [5, 5.41) is 8.59. The molecular weight excluding hydrogens is 460 g/mol. The summed E-state index contributed by atoms with van der Waals surface area (Å²) in [6, 6.07) is 0. The Morgan fingerprint density at radius 1 is 0.444 bits per heavy atom. The Labute approximate surface area is 222 Å². The average molecular weight is 521 g/mol. The van der Waals surface area contributed by atoms with E-state index in [4.69, 9.17) is 33.5 Å². The highest BCUT2D eigenvalue weighted by Gasteiger charge is 2.07. The number of unbranched alkanes of at least 4 members (excludes halogenated alkanes) is 12. The Balaban J connectivity index is 3.26. The van der Waals surface area contributed by atoms with Crippen LogP contribution in [0.2, 0.25) is 0 Å². The van der Waals surface area contributed by atoms with Crippen molar-refractivity contribution in [2.75, 3.05) is 72.7 Å². The topological polar surface area (TPSA) is 75.6 Å². The second-order valence-corrected chi connectivity index (χ2v) is 9.70. The Bertz CT molecular complexity index is 398. The number of aliphatic hydroxyl groups is 1. The summed E-state index contributed by atoms with van der Waals surface area (Å²) in [6.07, 6.45) is 17.9. The van der Waals surface area contributed by atoms with Gasteiger partial charge in [0.2, 0.25) is 0 Å². The van der Waals surface area contributed by atoms with E-state index in [2.05, 4.69) is 13.8 Å². The van der Waals surface area contributed by atoms with Gasteiger partial charge < -0.3 is 33.5 Å². The van der Waals surface area contributed by atoms with E-state index in [1.54, 1.807) is 0 Å². The van der Waals surface area contributed by atoms with Crippen LogP contribution in [0.3, 0.4) is 0 Å². The highest BCUT2D eigenvalue weighted by Crippen LogP contribution is 2.12. The van der Waals surface area contributed by atoms with Crippen LogP contribution < -0.4 is 0 Å². The SMILES string of the molecule is CCCCCCCCCCCCCCCOCC(C)OCC(C)OCCOCCOCCOCCO. The summed E-state index contributed by atoms with van der Waals surface area (Å²) in [6.45, 7) is 11.9. The van der Waals surface area contributed by atoms with Crippen LogP contribution in [0.15, 0.2) is 0 Å². The monoisotopic (exact) mass is 520 g/mol. The van der Waals surface area contributed by atoms with Crippen LogP contribution >= 0.6 is 0 Å². The van der Waals surface area contributed by atoms with Gasteiger partial charge in [-0.05, 0) is 20.3 Å². The zero-order valence-corrected chi connectivity index (χ0v) is 24.0. The zero-order chi connectivity index (χ0) is 26.4. The molecule has 36 heavy (non-hydrogen) atoms. The van der Waals surface area contributed by atoms with Gasteiger partial charge in [0.25, 0.3) is 0 Å². The fourth-order valence-corrected chi connectivity index (χ4v) is 3.78. The summed E-state index contributed by atoms with van der Waals surface area (Å²) in [4.78, 5) is 0. The number of hydrogen-bond donors (Lipinski definition) is 1. The highest BCUT2D eigenvalue weighted by molar-refractivity contribution is 4.53. The van der Waals surface area contributed by atoms with Gasteiger partial charge in [-0.2, -0.15) is 0 Å². The molecule has 0 spiro atoms. The second-order valence-electron chi connectivity index (χ2n) is 9.70. The lowest BCUT2D eigenvalue weighted by molar-refractivity contribution is -0.0687. The molecule has 0 heterocycles. The minimum atomic E-state index is 0.0250. The van der Waals surface area contributed by atoms with Crippen LogP contribution in [-0.2, 0) is 28.4 Å². The largest absolute Gasteiger partial charge is 0.394 e. The van der Waals surface area contributed by atoms with Crippen LogP contribution in [0.25, 0.3) is 0 Å². The standard InChI is InChI=1S/C29H60O7/c1-4-5-6-7-8-9-10-11-12-13-14-15-16-18-34-26-28(2)36-27-29(3)35-25-24-33-23-22-32-21-20-31-19-17-30/h28-30H,4-27H2,1-3H3. The molecule has 2 atom stereocenters. The number of aliphatic hydroxyl groups excluding tert-OH is 1. The van der Waals surface area contributed by atoms with E-state index < -0.39 is 0 Å². The molecule has 0 aliphatic heterocycles. The fraction of sp³-hybridized carbons (Fsp3) is 1.00. The third-order valence-electron chi connectivity index (χ3n) is 5.97. The fourth-order valence-electron chi connectivity index (χ4n) is 3.78. The van der Waals surface area contributed by atoms with Gasteiger partial charge in [-0.15, -0.1) is 0 Å². The van der Waals surface area contributed by atoms with Crippen molar-refractivity contribution >= 4 is 0 Å². The van der Waals surface area contributed by atoms with Crippen LogP contribution in [-0.4, -0.2) is 90.0 Å². The molecule has 7 heteroatoms. The summed E-state index contributed by atoms with van der Waals surface area (Å²) >= 11 is 0. The number of rotatable bonds is 31. The van der Waals surface area contributed by atoms with Gasteiger partial charge in [0.15, 0.2) is 0 Å². The maximum atomic E-state index is 8.59. The van der Waals surface area contributed by atoms with Gasteiger partial charge in [-0.1, -0.05) is 84.0 Å². The molecule has 2 unspecified atom stereocenters. The molecule has 0 bridgehead atoms. The predicted octanol–water partition coefficient (Wildman–Crippen LogP) is 5.95. The lowest BCUT2D eigenvalue weighted by atomic mass is 10.0.